The molecule has 1 heterocycles. The van der Waals surface area contributed by atoms with Crippen LogP contribution in [0.3, 0.4) is 0 Å². The molecule has 0 spiro atoms. The molecule has 1 fully saturated rings. The van der Waals surface area contributed by atoms with Crippen LogP contribution in [0.25, 0.3) is 0 Å². The fourth-order valence-electron chi connectivity index (χ4n) is 2.39. The number of thiol groups is 1. The van der Waals surface area contributed by atoms with Crippen molar-refractivity contribution < 1.29 is 0 Å². The number of tetrazole rings is 1. The van der Waals surface area contributed by atoms with Crippen LogP contribution in [0, 0.1) is 5.41 Å². The average Bonchev–Trinajstić information content (AvgIpc) is 2.63. The van der Waals surface area contributed by atoms with E-state index in [1.54, 1.807) is 16.4 Å². The normalized spacial score (nSPS) is 20.1. The second-order valence-electron chi connectivity index (χ2n) is 4.95. The van der Waals surface area contributed by atoms with Gasteiger partial charge in [0.05, 0.1) is 0 Å². The number of rotatable bonds is 4. The first-order valence-corrected chi connectivity index (χ1v) is 7.84. The van der Waals surface area contributed by atoms with Crippen molar-refractivity contribution in [3.8, 4) is 0 Å². The Labute approximate surface area is 112 Å². The van der Waals surface area contributed by atoms with Crippen molar-refractivity contribution in [3.63, 3.8) is 0 Å². The quantitative estimate of drug-likeness (QED) is 0.520. The molecule has 0 bridgehead atoms. The maximum Gasteiger partial charge on any atom is 0.209 e. The third kappa shape index (κ3) is 3.37. The van der Waals surface area contributed by atoms with Gasteiger partial charge in [0.1, 0.15) is 0 Å². The number of aromatic nitrogens is 4. The molecule has 1 saturated carbocycles. The van der Waals surface area contributed by atoms with Crippen LogP contribution >= 0.6 is 24.4 Å². The molecule has 4 nitrogen and oxygen atoms in total. The minimum atomic E-state index is 0.385. The third-order valence-electron chi connectivity index (χ3n) is 3.59. The summed E-state index contributed by atoms with van der Waals surface area (Å²) in [5, 5.41) is 12.5. The Morgan fingerprint density at radius 1 is 1.29 bits per heavy atom. The van der Waals surface area contributed by atoms with Gasteiger partial charge in [0.25, 0.3) is 0 Å². The Morgan fingerprint density at radius 2 is 2.00 bits per heavy atom. The number of nitrogens with zero attached hydrogens (tertiary/aromatic N) is 4. The zero-order chi connectivity index (χ0) is 12.1. The zero-order valence-corrected chi connectivity index (χ0v) is 12.0. The first-order valence-electron chi connectivity index (χ1n) is 6.22. The number of hydrogen-bond donors (Lipinski definition) is 1. The van der Waals surface area contributed by atoms with Gasteiger partial charge in [0, 0.05) is 12.8 Å². The molecule has 0 atom stereocenters. The van der Waals surface area contributed by atoms with Gasteiger partial charge in [-0.2, -0.15) is 12.6 Å². The van der Waals surface area contributed by atoms with Crippen LogP contribution in [0.1, 0.15) is 38.5 Å². The summed E-state index contributed by atoms with van der Waals surface area (Å²) in [7, 11) is 1.89. The van der Waals surface area contributed by atoms with Crippen molar-refractivity contribution in [1.82, 2.24) is 20.2 Å². The van der Waals surface area contributed by atoms with Gasteiger partial charge < -0.3 is 0 Å². The number of aryl methyl sites for hydroxylation is 1. The maximum absolute atomic E-state index is 4.58. The highest BCUT2D eigenvalue weighted by atomic mass is 32.2. The summed E-state index contributed by atoms with van der Waals surface area (Å²) in [6.45, 7) is 0. The fraction of sp³-hybridized carbons (Fsp3) is 0.909. The molecular formula is C11H20N4S2. The van der Waals surface area contributed by atoms with Crippen LogP contribution < -0.4 is 0 Å². The highest BCUT2D eigenvalue weighted by Gasteiger charge is 2.30. The lowest BCUT2D eigenvalue weighted by atomic mass is 9.84. The van der Waals surface area contributed by atoms with Crippen LogP contribution in [0.2, 0.25) is 0 Å². The van der Waals surface area contributed by atoms with Crippen LogP contribution in [0.5, 0.6) is 0 Å². The lowest BCUT2D eigenvalue weighted by Gasteiger charge is -2.30. The van der Waals surface area contributed by atoms with Gasteiger partial charge in [-0.1, -0.05) is 37.4 Å². The minimum absolute atomic E-state index is 0.385. The van der Waals surface area contributed by atoms with E-state index in [2.05, 4.69) is 28.2 Å². The Bertz CT molecular complexity index is 345. The Morgan fingerprint density at radius 3 is 2.53 bits per heavy atom. The zero-order valence-electron chi connectivity index (χ0n) is 10.3. The predicted molar refractivity (Wildman–Crippen MR) is 73.5 cm³/mol. The molecule has 0 N–H and O–H groups in total. The molecule has 1 aliphatic rings. The first-order chi connectivity index (χ1) is 8.26. The van der Waals surface area contributed by atoms with E-state index in [0.29, 0.717) is 5.41 Å². The minimum Gasteiger partial charge on any atom is -0.224 e. The predicted octanol–water partition coefficient (Wildman–Crippen LogP) is 2.57. The number of thioether (sulfide) groups is 1. The Hall–Kier alpha value is -0.230. The largest absolute Gasteiger partial charge is 0.224 e. The van der Waals surface area contributed by atoms with E-state index < -0.39 is 0 Å². The van der Waals surface area contributed by atoms with Crippen molar-refractivity contribution >= 4 is 24.4 Å². The lowest BCUT2D eigenvalue weighted by Crippen LogP contribution is -2.25. The molecular weight excluding hydrogens is 252 g/mol. The van der Waals surface area contributed by atoms with E-state index in [-0.39, 0.29) is 0 Å². The Kier molecular flexibility index (Phi) is 4.73. The van der Waals surface area contributed by atoms with E-state index in [4.69, 9.17) is 0 Å². The average molecular weight is 272 g/mol. The molecule has 17 heavy (non-hydrogen) atoms. The van der Waals surface area contributed by atoms with Crippen molar-refractivity contribution in [1.29, 1.82) is 0 Å². The van der Waals surface area contributed by atoms with Gasteiger partial charge in [-0.05, 0) is 34.4 Å². The van der Waals surface area contributed by atoms with E-state index in [1.807, 2.05) is 7.05 Å². The lowest BCUT2D eigenvalue weighted by molar-refractivity contribution is 0.332. The molecule has 0 aromatic carbocycles. The molecule has 0 radical (unpaired) electrons. The summed E-state index contributed by atoms with van der Waals surface area (Å²) >= 11 is 6.35. The molecule has 6 heteroatoms. The van der Waals surface area contributed by atoms with Gasteiger partial charge in [-0.15, -0.1) is 5.10 Å². The summed E-state index contributed by atoms with van der Waals surface area (Å²) < 4.78 is 1.74. The summed E-state index contributed by atoms with van der Waals surface area (Å²) in [6, 6.07) is 0. The molecule has 1 aromatic rings. The summed E-state index contributed by atoms with van der Waals surface area (Å²) in [6.07, 6.45) is 8.05. The summed E-state index contributed by atoms with van der Waals surface area (Å²) in [5.74, 6) is 2.07. The Balaban J connectivity index is 1.96. The highest BCUT2D eigenvalue weighted by molar-refractivity contribution is 7.99. The van der Waals surface area contributed by atoms with Gasteiger partial charge in [0.15, 0.2) is 0 Å². The van der Waals surface area contributed by atoms with Crippen molar-refractivity contribution in [3.05, 3.63) is 0 Å². The second-order valence-corrected chi connectivity index (χ2v) is 6.20. The smallest absolute Gasteiger partial charge is 0.209 e. The second kappa shape index (κ2) is 6.09. The summed E-state index contributed by atoms with van der Waals surface area (Å²) in [5.41, 5.74) is 0.385. The number of hydrogen-bond acceptors (Lipinski definition) is 5. The first kappa shape index (κ1) is 13.2. The molecule has 1 aliphatic carbocycles. The van der Waals surface area contributed by atoms with Crippen molar-refractivity contribution in [2.75, 3.05) is 11.5 Å². The molecule has 0 aliphatic heterocycles. The van der Waals surface area contributed by atoms with Crippen molar-refractivity contribution in [2.45, 2.75) is 43.7 Å². The topological polar surface area (TPSA) is 43.6 Å². The monoisotopic (exact) mass is 272 g/mol. The van der Waals surface area contributed by atoms with Crippen LogP contribution in [0.15, 0.2) is 5.16 Å². The fourth-order valence-corrected chi connectivity index (χ4v) is 4.11. The van der Waals surface area contributed by atoms with E-state index in [0.717, 1.165) is 16.7 Å². The molecule has 0 unspecified atom stereocenters. The van der Waals surface area contributed by atoms with Crippen LogP contribution in [0.4, 0.5) is 0 Å². The van der Waals surface area contributed by atoms with E-state index in [1.165, 1.54) is 38.5 Å². The van der Waals surface area contributed by atoms with Crippen LogP contribution in [-0.4, -0.2) is 31.7 Å². The molecule has 2 rings (SSSR count). The van der Waals surface area contributed by atoms with Crippen LogP contribution in [-0.2, 0) is 7.05 Å². The van der Waals surface area contributed by atoms with Gasteiger partial charge in [-0.3, -0.25) is 0 Å². The van der Waals surface area contributed by atoms with Gasteiger partial charge in [0.2, 0.25) is 5.16 Å². The van der Waals surface area contributed by atoms with E-state index in [9.17, 15) is 0 Å². The van der Waals surface area contributed by atoms with Crippen molar-refractivity contribution in [2.24, 2.45) is 12.5 Å². The van der Waals surface area contributed by atoms with Gasteiger partial charge in [-0.25, -0.2) is 4.68 Å². The molecule has 0 amide bonds. The standard InChI is InChI=1S/C11H20N4S2/c1-15-10(12-13-14-15)17-9-11(8-16)6-4-2-3-5-7-11/h16H,2-9H2,1H3. The molecule has 0 saturated heterocycles. The highest BCUT2D eigenvalue weighted by Crippen LogP contribution is 2.39. The SMILES string of the molecule is Cn1nnnc1SCC1(CS)CCCCCC1. The van der Waals surface area contributed by atoms with E-state index >= 15 is 0 Å². The molecule has 96 valence electrons. The maximum atomic E-state index is 4.58. The third-order valence-corrected chi connectivity index (χ3v) is 5.62. The van der Waals surface area contributed by atoms with Gasteiger partial charge >= 0.3 is 0 Å². The molecule has 1 aromatic heterocycles. The summed E-state index contributed by atoms with van der Waals surface area (Å²) in [4.78, 5) is 0.